The summed E-state index contributed by atoms with van der Waals surface area (Å²) in [6, 6.07) is 0.390. The number of nitrogens with one attached hydrogen (secondary N) is 2. The summed E-state index contributed by atoms with van der Waals surface area (Å²) >= 11 is 1.80. The highest BCUT2D eigenvalue weighted by molar-refractivity contribution is 14.0. The molecule has 2 saturated carbocycles. The van der Waals surface area contributed by atoms with Crippen molar-refractivity contribution in [1.29, 1.82) is 0 Å². The molecule has 1 amide bonds. The molecule has 0 bridgehead atoms. The van der Waals surface area contributed by atoms with Crippen LogP contribution in [0.1, 0.15) is 39.0 Å². The van der Waals surface area contributed by atoms with Crippen LogP contribution in [0.5, 0.6) is 0 Å². The van der Waals surface area contributed by atoms with E-state index in [1.54, 1.807) is 30.8 Å². The number of carbonyl (C=O) groups excluding carboxylic acids is 1. The zero-order chi connectivity index (χ0) is 18.3. The predicted molar refractivity (Wildman–Crippen MR) is 121 cm³/mol. The van der Waals surface area contributed by atoms with Crippen molar-refractivity contribution < 1.29 is 9.53 Å². The highest BCUT2D eigenvalue weighted by Crippen LogP contribution is 2.54. The summed E-state index contributed by atoms with van der Waals surface area (Å²) < 4.78 is 5.99. The van der Waals surface area contributed by atoms with Crippen LogP contribution in [0.2, 0.25) is 0 Å². The van der Waals surface area contributed by atoms with E-state index in [0.717, 1.165) is 31.3 Å². The minimum Gasteiger partial charge on any atom is -0.378 e. The van der Waals surface area contributed by atoms with Gasteiger partial charge in [0.05, 0.1) is 6.10 Å². The number of hydrogen-bond donors (Lipinski definition) is 2. The van der Waals surface area contributed by atoms with E-state index in [0.29, 0.717) is 12.1 Å². The first-order chi connectivity index (χ1) is 12.0. The van der Waals surface area contributed by atoms with Crippen LogP contribution in [0, 0.1) is 5.41 Å². The molecule has 0 aliphatic heterocycles. The number of ether oxygens (including phenoxy) is 1. The van der Waals surface area contributed by atoms with Crippen LogP contribution in [0.4, 0.5) is 0 Å². The maximum absolute atomic E-state index is 11.9. The normalized spacial score (nSPS) is 23.9. The van der Waals surface area contributed by atoms with Gasteiger partial charge in [0.25, 0.3) is 0 Å². The third-order valence-electron chi connectivity index (χ3n) is 5.47. The third-order valence-corrected chi connectivity index (χ3v) is 6.08. The molecule has 0 heterocycles. The van der Waals surface area contributed by atoms with Crippen LogP contribution in [0.25, 0.3) is 0 Å². The van der Waals surface area contributed by atoms with Crippen molar-refractivity contribution in [3.63, 3.8) is 0 Å². The first-order valence-corrected chi connectivity index (χ1v) is 10.8. The minimum atomic E-state index is 0. The van der Waals surface area contributed by atoms with Crippen LogP contribution in [0.15, 0.2) is 4.99 Å². The number of nitrogens with zero attached hydrogens (tertiary/aromatic N) is 2. The first-order valence-electron chi connectivity index (χ1n) is 9.39. The molecule has 2 aliphatic rings. The van der Waals surface area contributed by atoms with E-state index in [9.17, 15) is 4.79 Å². The van der Waals surface area contributed by atoms with Crippen molar-refractivity contribution in [1.82, 2.24) is 15.5 Å². The number of carbonyl (C=O) groups is 1. The number of amides is 1. The summed E-state index contributed by atoms with van der Waals surface area (Å²) in [5, 5.41) is 6.98. The molecule has 152 valence electrons. The molecule has 1 spiro atoms. The Labute approximate surface area is 179 Å². The van der Waals surface area contributed by atoms with E-state index in [4.69, 9.17) is 4.74 Å². The quantitative estimate of drug-likeness (QED) is 0.233. The minimum absolute atomic E-state index is 0. The number of thioether (sulfide) groups is 1. The zero-order valence-electron chi connectivity index (χ0n) is 16.5. The number of rotatable bonds is 8. The van der Waals surface area contributed by atoms with Gasteiger partial charge in [-0.25, -0.2) is 4.99 Å². The number of likely N-dealkylation sites (N-methyl/N-ethyl adjacent to an activating group) is 1. The molecule has 2 rings (SSSR count). The largest absolute Gasteiger partial charge is 0.378 e. The number of aliphatic imine (C=N–C) groups is 1. The fraction of sp³-hybridized carbons (Fsp3) is 0.889. The topological polar surface area (TPSA) is 66.0 Å². The summed E-state index contributed by atoms with van der Waals surface area (Å²) in [6.07, 6.45) is 8.51. The molecule has 0 radical (unpaired) electrons. The Morgan fingerprint density at radius 3 is 2.62 bits per heavy atom. The monoisotopic (exact) mass is 498 g/mol. The molecular weight excluding hydrogens is 463 g/mol. The molecule has 0 saturated heterocycles. The van der Waals surface area contributed by atoms with Crippen LogP contribution in [-0.2, 0) is 9.53 Å². The Bertz CT molecular complexity index is 470. The van der Waals surface area contributed by atoms with Crippen LogP contribution < -0.4 is 10.6 Å². The van der Waals surface area contributed by atoms with Crippen molar-refractivity contribution in [3.8, 4) is 0 Å². The van der Waals surface area contributed by atoms with E-state index < -0.39 is 0 Å². The van der Waals surface area contributed by atoms with Crippen LogP contribution in [-0.4, -0.2) is 74.7 Å². The molecule has 6 nitrogen and oxygen atoms in total. The zero-order valence-corrected chi connectivity index (χ0v) is 19.7. The molecule has 0 aromatic rings. The Balaban J connectivity index is 0.00000338. The van der Waals surface area contributed by atoms with Gasteiger partial charge in [-0.3, -0.25) is 4.79 Å². The van der Waals surface area contributed by atoms with Crippen molar-refractivity contribution in [3.05, 3.63) is 0 Å². The Hall–Kier alpha value is -0.220. The van der Waals surface area contributed by atoms with Gasteiger partial charge in [0.15, 0.2) is 5.96 Å². The number of hydrogen-bond acceptors (Lipinski definition) is 4. The smallest absolute Gasteiger partial charge is 0.243 e. The van der Waals surface area contributed by atoms with Gasteiger partial charge in [-0.05, 0) is 32.4 Å². The van der Waals surface area contributed by atoms with E-state index >= 15 is 0 Å². The fourth-order valence-electron chi connectivity index (χ4n) is 3.97. The Morgan fingerprint density at radius 1 is 1.35 bits per heavy atom. The molecule has 2 fully saturated rings. The molecule has 2 unspecified atom stereocenters. The van der Waals surface area contributed by atoms with E-state index in [1.807, 2.05) is 0 Å². The average molecular weight is 498 g/mol. The Kier molecular flexibility index (Phi) is 10.6. The van der Waals surface area contributed by atoms with Crippen LogP contribution in [0.3, 0.4) is 0 Å². The van der Waals surface area contributed by atoms with E-state index in [-0.39, 0.29) is 41.8 Å². The van der Waals surface area contributed by atoms with Gasteiger partial charge in [0.2, 0.25) is 5.91 Å². The third kappa shape index (κ3) is 5.89. The molecule has 2 atom stereocenters. The summed E-state index contributed by atoms with van der Waals surface area (Å²) in [4.78, 5) is 18.0. The first kappa shape index (κ1) is 23.8. The van der Waals surface area contributed by atoms with Gasteiger partial charge < -0.3 is 20.3 Å². The standard InChI is InChI=1S/C18H34N4O2S.HI/c1-5-24-15-12-14(18(15)8-6-7-9-18)21-17(19-10-11-25-4)20-13-16(23)22(2)3;/h14-15H,5-13H2,1-4H3,(H2,19,20,21);1H. The maximum Gasteiger partial charge on any atom is 0.243 e. The van der Waals surface area contributed by atoms with Crippen molar-refractivity contribution in [2.75, 3.05) is 45.8 Å². The summed E-state index contributed by atoms with van der Waals surface area (Å²) in [7, 11) is 3.52. The average Bonchev–Trinajstić information content (AvgIpc) is 3.10. The van der Waals surface area contributed by atoms with Gasteiger partial charge >= 0.3 is 0 Å². The summed E-state index contributed by atoms with van der Waals surface area (Å²) in [5.41, 5.74) is 0.253. The SMILES string of the molecule is CCOC1CC(NC(=NCC(=O)N(C)C)NCCSC)C12CCCC2.I. The fourth-order valence-corrected chi connectivity index (χ4v) is 4.27. The molecular formula is C18H35IN4O2S. The maximum atomic E-state index is 11.9. The number of halogens is 1. The molecule has 0 aromatic carbocycles. The second-order valence-electron chi connectivity index (χ2n) is 7.19. The molecule has 0 aromatic heterocycles. The lowest BCUT2D eigenvalue weighted by molar-refractivity contribution is -0.127. The summed E-state index contributed by atoms with van der Waals surface area (Å²) in [5.74, 6) is 1.79. The van der Waals surface area contributed by atoms with E-state index in [1.165, 1.54) is 25.7 Å². The van der Waals surface area contributed by atoms with Gasteiger partial charge in [-0.1, -0.05) is 12.8 Å². The van der Waals surface area contributed by atoms with Gasteiger partial charge in [-0.15, -0.1) is 24.0 Å². The van der Waals surface area contributed by atoms with Crippen molar-refractivity contribution in [2.24, 2.45) is 10.4 Å². The molecule has 2 aliphatic carbocycles. The molecule has 26 heavy (non-hydrogen) atoms. The van der Waals surface area contributed by atoms with Crippen molar-refractivity contribution >= 4 is 47.6 Å². The molecule has 2 N–H and O–H groups in total. The molecule has 8 heteroatoms. The second-order valence-corrected chi connectivity index (χ2v) is 8.18. The Morgan fingerprint density at radius 2 is 2.04 bits per heavy atom. The highest BCUT2D eigenvalue weighted by atomic mass is 127. The van der Waals surface area contributed by atoms with E-state index in [2.05, 4.69) is 28.8 Å². The van der Waals surface area contributed by atoms with Gasteiger partial charge in [0, 0.05) is 44.5 Å². The lowest BCUT2D eigenvalue weighted by Gasteiger charge is -2.54. The van der Waals surface area contributed by atoms with Gasteiger partial charge in [0.1, 0.15) is 6.54 Å². The van der Waals surface area contributed by atoms with Crippen LogP contribution >= 0.6 is 35.7 Å². The lowest BCUT2D eigenvalue weighted by atomic mass is 9.60. The van der Waals surface area contributed by atoms with Gasteiger partial charge in [-0.2, -0.15) is 11.8 Å². The summed E-state index contributed by atoms with van der Waals surface area (Å²) in [6.45, 7) is 3.88. The lowest BCUT2D eigenvalue weighted by Crippen LogP contribution is -2.65. The second kappa shape index (κ2) is 11.6. The van der Waals surface area contributed by atoms with Crippen molar-refractivity contribution in [2.45, 2.75) is 51.2 Å². The number of guanidine groups is 1. The highest BCUT2D eigenvalue weighted by Gasteiger charge is 2.56. The predicted octanol–water partition coefficient (Wildman–Crippen LogP) is 2.33.